The third-order valence-corrected chi connectivity index (χ3v) is 4.55. The quantitative estimate of drug-likeness (QED) is 0.720. The molecule has 0 aromatic carbocycles. The SMILES string of the molecule is O=C(C(F)Cl)N(C1CC1)C1CN2CCC1CC2. The molecule has 4 rings (SSSR count). The second-order valence-electron chi connectivity index (χ2n) is 5.48. The van der Waals surface area contributed by atoms with E-state index in [1.165, 1.54) is 0 Å². The van der Waals surface area contributed by atoms with Crippen LogP contribution in [0, 0.1) is 5.92 Å². The number of hydrogen-bond acceptors (Lipinski definition) is 2. The first-order valence-electron chi connectivity index (χ1n) is 6.49. The molecule has 0 aromatic rings. The molecule has 5 heteroatoms. The molecule has 0 spiro atoms. The summed E-state index contributed by atoms with van der Waals surface area (Å²) < 4.78 is 13.1. The number of amides is 1. The van der Waals surface area contributed by atoms with Gasteiger partial charge < -0.3 is 9.80 Å². The molecule has 3 aliphatic heterocycles. The predicted octanol–water partition coefficient (Wildman–Crippen LogP) is 1.61. The van der Waals surface area contributed by atoms with E-state index in [0.717, 1.165) is 45.3 Å². The molecular formula is C12H18ClFN2O. The molecule has 4 aliphatic rings. The van der Waals surface area contributed by atoms with Crippen LogP contribution in [0.25, 0.3) is 0 Å². The minimum atomic E-state index is -1.87. The van der Waals surface area contributed by atoms with Gasteiger partial charge in [-0.3, -0.25) is 4.79 Å². The highest BCUT2D eigenvalue weighted by Crippen LogP contribution is 2.38. The molecule has 0 aromatic heterocycles. The van der Waals surface area contributed by atoms with Gasteiger partial charge >= 0.3 is 0 Å². The van der Waals surface area contributed by atoms with Crippen molar-refractivity contribution in [1.82, 2.24) is 9.80 Å². The number of nitrogens with zero attached hydrogens (tertiary/aromatic N) is 2. The third kappa shape index (κ3) is 2.17. The van der Waals surface area contributed by atoms with E-state index in [0.29, 0.717) is 5.92 Å². The van der Waals surface area contributed by atoms with Crippen molar-refractivity contribution in [3.63, 3.8) is 0 Å². The largest absolute Gasteiger partial charge is 0.332 e. The van der Waals surface area contributed by atoms with Gasteiger partial charge in [0.05, 0.1) is 0 Å². The Morgan fingerprint density at radius 3 is 2.35 bits per heavy atom. The number of halogens is 2. The maximum atomic E-state index is 13.1. The number of fused-ring (bicyclic) bond motifs is 3. The standard InChI is InChI=1S/C12H18ClFN2O/c13-11(14)12(17)16(9-1-2-9)10-7-15-5-3-8(10)4-6-15/h8-11H,1-7H2. The fraction of sp³-hybridized carbons (Fsp3) is 0.917. The Bertz CT molecular complexity index is 314. The van der Waals surface area contributed by atoms with Crippen molar-refractivity contribution in [2.75, 3.05) is 19.6 Å². The Labute approximate surface area is 106 Å². The smallest absolute Gasteiger partial charge is 0.273 e. The molecule has 4 fully saturated rings. The first-order chi connectivity index (χ1) is 8.16. The zero-order chi connectivity index (χ0) is 12.0. The number of alkyl halides is 2. The van der Waals surface area contributed by atoms with Crippen molar-refractivity contribution in [2.24, 2.45) is 5.92 Å². The maximum Gasteiger partial charge on any atom is 0.273 e. The number of carbonyl (C=O) groups is 1. The molecule has 2 bridgehead atoms. The van der Waals surface area contributed by atoms with Crippen LogP contribution in [0.5, 0.6) is 0 Å². The molecule has 2 unspecified atom stereocenters. The minimum absolute atomic E-state index is 0.203. The fourth-order valence-electron chi connectivity index (χ4n) is 3.33. The summed E-state index contributed by atoms with van der Waals surface area (Å²) in [6.45, 7) is 3.18. The van der Waals surface area contributed by atoms with Gasteiger partial charge in [-0.2, -0.15) is 0 Å². The fourth-order valence-corrected chi connectivity index (χ4v) is 3.44. The van der Waals surface area contributed by atoms with Crippen LogP contribution in [-0.2, 0) is 4.79 Å². The molecule has 17 heavy (non-hydrogen) atoms. The van der Waals surface area contributed by atoms with E-state index in [2.05, 4.69) is 4.90 Å². The average Bonchev–Trinajstić information content (AvgIpc) is 3.15. The molecule has 2 atom stereocenters. The lowest BCUT2D eigenvalue weighted by Gasteiger charge is -2.49. The molecule has 3 saturated heterocycles. The van der Waals surface area contributed by atoms with Crippen molar-refractivity contribution in [1.29, 1.82) is 0 Å². The van der Waals surface area contributed by atoms with Crippen molar-refractivity contribution in [2.45, 2.75) is 43.4 Å². The summed E-state index contributed by atoms with van der Waals surface area (Å²) in [6.07, 6.45) is 4.30. The highest BCUT2D eigenvalue weighted by molar-refractivity contribution is 6.29. The summed E-state index contributed by atoms with van der Waals surface area (Å²) in [6, 6.07) is 0.458. The van der Waals surface area contributed by atoms with Gasteiger partial charge in [0.2, 0.25) is 0 Å². The van der Waals surface area contributed by atoms with Crippen molar-refractivity contribution in [3.8, 4) is 0 Å². The number of rotatable bonds is 3. The van der Waals surface area contributed by atoms with Gasteiger partial charge in [0.1, 0.15) is 0 Å². The Morgan fingerprint density at radius 1 is 1.29 bits per heavy atom. The molecule has 1 amide bonds. The summed E-state index contributed by atoms with van der Waals surface area (Å²) in [7, 11) is 0. The van der Waals surface area contributed by atoms with Gasteiger partial charge in [0.15, 0.2) is 0 Å². The van der Waals surface area contributed by atoms with Crippen LogP contribution in [-0.4, -0.2) is 53.1 Å². The van der Waals surface area contributed by atoms with Crippen molar-refractivity contribution in [3.05, 3.63) is 0 Å². The van der Waals surface area contributed by atoms with E-state index in [9.17, 15) is 9.18 Å². The number of piperidine rings is 3. The molecule has 0 radical (unpaired) electrons. The van der Waals surface area contributed by atoms with Crippen LogP contribution >= 0.6 is 11.6 Å². The Kier molecular flexibility index (Phi) is 3.03. The summed E-state index contributed by atoms with van der Waals surface area (Å²) in [5.41, 5.74) is -1.87. The van der Waals surface area contributed by atoms with E-state index in [-0.39, 0.29) is 12.1 Å². The Balaban J connectivity index is 1.77. The van der Waals surface area contributed by atoms with Crippen LogP contribution in [0.15, 0.2) is 0 Å². The summed E-state index contributed by atoms with van der Waals surface area (Å²) >= 11 is 5.34. The second kappa shape index (κ2) is 4.39. The Hall–Kier alpha value is -0.350. The molecule has 3 nitrogen and oxygen atoms in total. The second-order valence-corrected chi connectivity index (χ2v) is 5.87. The van der Waals surface area contributed by atoms with Gasteiger partial charge in [-0.05, 0) is 44.7 Å². The lowest BCUT2D eigenvalue weighted by atomic mass is 9.83. The molecular weight excluding hydrogens is 243 g/mol. The van der Waals surface area contributed by atoms with E-state index < -0.39 is 11.5 Å². The summed E-state index contributed by atoms with van der Waals surface area (Å²) in [5.74, 6) is 0.0490. The molecule has 96 valence electrons. The van der Waals surface area contributed by atoms with Crippen LogP contribution in [0.3, 0.4) is 0 Å². The van der Waals surface area contributed by atoms with Crippen LogP contribution in [0.4, 0.5) is 4.39 Å². The topological polar surface area (TPSA) is 23.6 Å². The summed E-state index contributed by atoms with van der Waals surface area (Å²) in [5, 5.41) is 0. The maximum absolute atomic E-state index is 13.1. The van der Waals surface area contributed by atoms with E-state index in [1.54, 1.807) is 4.90 Å². The van der Waals surface area contributed by atoms with Crippen LogP contribution in [0.2, 0.25) is 0 Å². The first kappa shape index (κ1) is 11.7. The van der Waals surface area contributed by atoms with Crippen LogP contribution < -0.4 is 0 Å². The van der Waals surface area contributed by atoms with Gasteiger partial charge in [0, 0.05) is 18.6 Å². The molecule has 3 heterocycles. The summed E-state index contributed by atoms with van der Waals surface area (Å²) in [4.78, 5) is 16.1. The van der Waals surface area contributed by atoms with Gasteiger partial charge in [0.25, 0.3) is 11.5 Å². The molecule has 1 aliphatic carbocycles. The van der Waals surface area contributed by atoms with Gasteiger partial charge in [-0.25, -0.2) is 4.39 Å². The first-order valence-corrected chi connectivity index (χ1v) is 6.93. The van der Waals surface area contributed by atoms with Crippen molar-refractivity contribution >= 4 is 17.5 Å². The third-order valence-electron chi connectivity index (χ3n) is 4.36. The highest BCUT2D eigenvalue weighted by Gasteiger charge is 2.46. The number of carbonyl (C=O) groups excluding carboxylic acids is 1. The van der Waals surface area contributed by atoms with E-state index in [4.69, 9.17) is 11.6 Å². The average molecular weight is 261 g/mol. The van der Waals surface area contributed by atoms with Gasteiger partial charge in [-0.15, -0.1) is 0 Å². The molecule has 1 saturated carbocycles. The highest BCUT2D eigenvalue weighted by atomic mass is 35.5. The normalized spacial score (nSPS) is 37.9. The lowest BCUT2D eigenvalue weighted by Crippen LogP contribution is -2.60. The molecule has 0 N–H and O–H groups in total. The Morgan fingerprint density at radius 2 is 1.94 bits per heavy atom. The monoisotopic (exact) mass is 260 g/mol. The minimum Gasteiger partial charge on any atom is -0.332 e. The predicted molar refractivity (Wildman–Crippen MR) is 63.6 cm³/mol. The van der Waals surface area contributed by atoms with Crippen LogP contribution in [0.1, 0.15) is 25.7 Å². The lowest BCUT2D eigenvalue weighted by molar-refractivity contribution is -0.141. The van der Waals surface area contributed by atoms with E-state index >= 15 is 0 Å². The van der Waals surface area contributed by atoms with Crippen molar-refractivity contribution < 1.29 is 9.18 Å². The van der Waals surface area contributed by atoms with Gasteiger partial charge in [-0.1, -0.05) is 11.6 Å². The number of hydrogen-bond donors (Lipinski definition) is 0. The zero-order valence-electron chi connectivity index (χ0n) is 9.82. The zero-order valence-corrected chi connectivity index (χ0v) is 10.6. The van der Waals surface area contributed by atoms with E-state index in [1.807, 2.05) is 0 Å².